The Morgan fingerprint density at radius 2 is 1.67 bits per heavy atom. The summed E-state index contributed by atoms with van der Waals surface area (Å²) in [5.74, 6) is 0.444. The van der Waals surface area contributed by atoms with Gasteiger partial charge in [-0.25, -0.2) is 0 Å². The second-order valence-corrected chi connectivity index (χ2v) is 7.81. The van der Waals surface area contributed by atoms with Crippen LogP contribution in [0.25, 0.3) is 0 Å². The molecule has 3 N–H and O–H groups in total. The summed E-state index contributed by atoms with van der Waals surface area (Å²) < 4.78 is 5.63. The zero-order valence-electron chi connectivity index (χ0n) is 19.1. The minimum absolute atomic E-state index is 0.0836. The van der Waals surface area contributed by atoms with Crippen molar-refractivity contribution in [1.82, 2.24) is 5.32 Å². The van der Waals surface area contributed by atoms with Crippen molar-refractivity contribution in [3.63, 3.8) is 0 Å². The first kappa shape index (κ1) is 23.9. The third kappa shape index (κ3) is 7.68. The van der Waals surface area contributed by atoms with Crippen LogP contribution < -0.4 is 20.7 Å². The molecule has 6 nitrogen and oxygen atoms in total. The fraction of sp³-hybridized carbons (Fsp3) is 0.259. The fourth-order valence-electron chi connectivity index (χ4n) is 3.23. The summed E-state index contributed by atoms with van der Waals surface area (Å²) >= 11 is 0. The maximum absolute atomic E-state index is 12.6. The van der Waals surface area contributed by atoms with Crippen LogP contribution in [0, 0.1) is 0 Å². The van der Waals surface area contributed by atoms with Crippen LogP contribution in [0.2, 0.25) is 0 Å². The zero-order chi connectivity index (χ0) is 23.5. The number of ether oxygens (including phenoxy) is 1. The highest BCUT2D eigenvalue weighted by molar-refractivity contribution is 5.96. The molecule has 1 unspecified atom stereocenters. The van der Waals surface area contributed by atoms with Crippen LogP contribution in [0.3, 0.4) is 0 Å². The van der Waals surface area contributed by atoms with E-state index in [1.54, 1.807) is 18.2 Å². The van der Waals surface area contributed by atoms with Crippen LogP contribution in [-0.4, -0.2) is 25.0 Å². The molecule has 0 aliphatic heterocycles. The number of unbranched alkanes of at least 4 members (excludes halogenated alkanes) is 1. The molecule has 0 heterocycles. The summed E-state index contributed by atoms with van der Waals surface area (Å²) in [6.45, 7) is 4.84. The van der Waals surface area contributed by atoms with Crippen molar-refractivity contribution in [2.45, 2.75) is 32.7 Å². The molecule has 0 radical (unpaired) electrons. The molecule has 0 aliphatic carbocycles. The van der Waals surface area contributed by atoms with Gasteiger partial charge in [0.1, 0.15) is 5.75 Å². The first-order valence-electron chi connectivity index (χ1n) is 11.3. The molecule has 6 heteroatoms. The molecule has 3 aromatic carbocycles. The maximum Gasteiger partial charge on any atom is 0.251 e. The van der Waals surface area contributed by atoms with Crippen molar-refractivity contribution in [2.24, 2.45) is 0 Å². The molecule has 3 aromatic rings. The van der Waals surface area contributed by atoms with Gasteiger partial charge >= 0.3 is 0 Å². The zero-order valence-corrected chi connectivity index (χ0v) is 19.1. The van der Waals surface area contributed by atoms with Crippen LogP contribution in [0.4, 0.5) is 11.4 Å². The number of hydrogen-bond donors (Lipinski definition) is 3. The lowest BCUT2D eigenvalue weighted by Gasteiger charge is -2.15. The number of amides is 2. The lowest BCUT2D eigenvalue weighted by molar-refractivity contribution is -0.114. The van der Waals surface area contributed by atoms with Gasteiger partial charge in [-0.2, -0.15) is 0 Å². The summed E-state index contributed by atoms with van der Waals surface area (Å²) in [6, 6.07) is 24.1. The van der Waals surface area contributed by atoms with Gasteiger partial charge < -0.3 is 20.7 Å². The Labute approximate surface area is 195 Å². The van der Waals surface area contributed by atoms with Gasteiger partial charge in [0.05, 0.1) is 19.2 Å². The van der Waals surface area contributed by atoms with Gasteiger partial charge in [0.2, 0.25) is 5.91 Å². The molecule has 0 aliphatic rings. The van der Waals surface area contributed by atoms with Gasteiger partial charge in [0, 0.05) is 16.9 Å². The highest BCUT2D eigenvalue weighted by atomic mass is 16.5. The lowest BCUT2D eigenvalue weighted by atomic mass is 10.1. The largest absolute Gasteiger partial charge is 0.494 e. The average molecular weight is 446 g/mol. The Morgan fingerprint density at radius 1 is 0.909 bits per heavy atom. The van der Waals surface area contributed by atoms with Crippen molar-refractivity contribution in [2.75, 3.05) is 23.8 Å². The highest BCUT2D eigenvalue weighted by Crippen LogP contribution is 2.17. The summed E-state index contributed by atoms with van der Waals surface area (Å²) in [5, 5.41) is 8.93. The molecular formula is C27H31N3O3. The van der Waals surface area contributed by atoms with Crippen LogP contribution >= 0.6 is 0 Å². The Balaban J connectivity index is 1.48. The molecule has 172 valence electrons. The van der Waals surface area contributed by atoms with Crippen LogP contribution in [-0.2, 0) is 4.79 Å². The monoisotopic (exact) mass is 445 g/mol. The van der Waals surface area contributed by atoms with Crippen LogP contribution in [0.5, 0.6) is 5.75 Å². The molecule has 0 saturated heterocycles. The van der Waals surface area contributed by atoms with E-state index in [0.717, 1.165) is 24.2 Å². The van der Waals surface area contributed by atoms with E-state index in [0.29, 0.717) is 23.5 Å². The molecule has 2 amide bonds. The Kier molecular flexibility index (Phi) is 8.88. The van der Waals surface area contributed by atoms with Crippen molar-refractivity contribution in [3.8, 4) is 5.75 Å². The van der Waals surface area contributed by atoms with E-state index >= 15 is 0 Å². The van der Waals surface area contributed by atoms with Gasteiger partial charge in [0.25, 0.3) is 5.91 Å². The van der Waals surface area contributed by atoms with E-state index in [1.807, 2.05) is 67.6 Å². The van der Waals surface area contributed by atoms with Gasteiger partial charge in [-0.05, 0) is 61.4 Å². The number of hydrogen-bond acceptors (Lipinski definition) is 4. The van der Waals surface area contributed by atoms with E-state index in [1.165, 1.54) is 0 Å². The van der Waals surface area contributed by atoms with E-state index < -0.39 is 0 Å². The predicted octanol–water partition coefficient (Wildman–Crippen LogP) is 5.41. The summed E-state index contributed by atoms with van der Waals surface area (Å²) in [5.41, 5.74) is 2.97. The Bertz CT molecular complexity index is 1040. The standard InChI is InChI=1S/C27H31N3O3/c1-3-4-17-33-25-15-13-23(14-16-25)30-26(31)19-28-24-12-8-11-22(18-24)27(32)29-20(2)21-9-6-5-7-10-21/h5-16,18,20,28H,3-4,17,19H2,1-2H3,(H,29,32)(H,30,31). The SMILES string of the molecule is CCCCOc1ccc(NC(=O)CNc2cccc(C(=O)NC(C)c3ccccc3)c2)cc1. The van der Waals surface area contributed by atoms with E-state index in [-0.39, 0.29) is 24.4 Å². The smallest absolute Gasteiger partial charge is 0.251 e. The Hall–Kier alpha value is -3.80. The van der Waals surface area contributed by atoms with E-state index in [2.05, 4.69) is 22.9 Å². The topological polar surface area (TPSA) is 79.5 Å². The number of carbonyl (C=O) groups is 2. The first-order chi connectivity index (χ1) is 16.0. The van der Waals surface area contributed by atoms with Gasteiger partial charge in [-0.1, -0.05) is 49.7 Å². The third-order valence-corrected chi connectivity index (χ3v) is 5.13. The normalized spacial score (nSPS) is 11.3. The predicted molar refractivity (Wildman–Crippen MR) is 133 cm³/mol. The minimum Gasteiger partial charge on any atom is -0.494 e. The molecule has 33 heavy (non-hydrogen) atoms. The molecule has 0 aromatic heterocycles. The summed E-state index contributed by atoms with van der Waals surface area (Å²) in [4.78, 5) is 25.0. The third-order valence-electron chi connectivity index (χ3n) is 5.13. The minimum atomic E-state index is -0.179. The van der Waals surface area contributed by atoms with Gasteiger partial charge in [0.15, 0.2) is 0 Å². The lowest BCUT2D eigenvalue weighted by Crippen LogP contribution is -2.26. The number of benzene rings is 3. The van der Waals surface area contributed by atoms with Crippen molar-refractivity contribution < 1.29 is 14.3 Å². The molecular weight excluding hydrogens is 414 g/mol. The molecule has 3 rings (SSSR count). The summed E-state index contributed by atoms with van der Waals surface area (Å²) in [7, 11) is 0. The highest BCUT2D eigenvalue weighted by Gasteiger charge is 2.12. The van der Waals surface area contributed by atoms with E-state index in [9.17, 15) is 9.59 Å². The van der Waals surface area contributed by atoms with E-state index in [4.69, 9.17) is 4.74 Å². The second kappa shape index (κ2) is 12.3. The fourth-order valence-corrected chi connectivity index (χ4v) is 3.23. The Morgan fingerprint density at radius 3 is 2.39 bits per heavy atom. The summed E-state index contributed by atoms with van der Waals surface area (Å²) in [6.07, 6.45) is 2.10. The van der Waals surface area contributed by atoms with Crippen LogP contribution in [0.15, 0.2) is 78.9 Å². The quantitative estimate of drug-likeness (QED) is 0.345. The van der Waals surface area contributed by atoms with Gasteiger partial charge in [-0.15, -0.1) is 0 Å². The molecule has 0 fully saturated rings. The second-order valence-electron chi connectivity index (χ2n) is 7.81. The van der Waals surface area contributed by atoms with Crippen molar-refractivity contribution >= 4 is 23.2 Å². The maximum atomic E-state index is 12.6. The number of nitrogens with one attached hydrogen (secondary N) is 3. The molecule has 0 saturated carbocycles. The number of rotatable bonds is 11. The van der Waals surface area contributed by atoms with Gasteiger partial charge in [-0.3, -0.25) is 9.59 Å². The molecule has 0 spiro atoms. The number of carbonyl (C=O) groups excluding carboxylic acids is 2. The molecule has 1 atom stereocenters. The number of anilines is 2. The molecule has 0 bridgehead atoms. The van der Waals surface area contributed by atoms with Crippen molar-refractivity contribution in [3.05, 3.63) is 90.0 Å². The van der Waals surface area contributed by atoms with Crippen LogP contribution in [0.1, 0.15) is 48.7 Å². The average Bonchev–Trinajstić information content (AvgIpc) is 2.84. The first-order valence-corrected chi connectivity index (χ1v) is 11.3. The van der Waals surface area contributed by atoms with Crippen molar-refractivity contribution in [1.29, 1.82) is 0 Å².